The number of pyridine rings is 1. The van der Waals surface area contributed by atoms with E-state index in [0.717, 1.165) is 25.4 Å². The molecule has 0 unspecified atom stereocenters. The summed E-state index contributed by atoms with van der Waals surface area (Å²) >= 11 is 0. The Hall–Kier alpha value is -3.69. The molecular weight excluding hydrogens is 381 g/mol. The number of non-ortho nitro benzene ring substituents is 1. The molecule has 3 aromatic rings. The zero-order valence-electron chi connectivity index (χ0n) is 14.2. The van der Waals surface area contributed by atoms with Crippen LogP contribution in [0.2, 0.25) is 0 Å². The lowest BCUT2D eigenvalue weighted by molar-refractivity contribution is -0.384. The summed E-state index contributed by atoms with van der Waals surface area (Å²) in [6.07, 6.45) is -3.55. The van der Waals surface area contributed by atoms with Gasteiger partial charge in [0.05, 0.1) is 23.1 Å². The molecule has 3 rings (SSSR count). The van der Waals surface area contributed by atoms with E-state index < -0.39 is 33.6 Å². The molecule has 0 N–H and O–H groups in total. The van der Waals surface area contributed by atoms with Gasteiger partial charge in [-0.05, 0) is 30.3 Å². The molecule has 0 radical (unpaired) electrons. The normalized spacial score (nSPS) is 11.4. The molecule has 144 valence electrons. The van der Waals surface area contributed by atoms with Crippen LogP contribution in [0.5, 0.6) is 0 Å². The maximum absolute atomic E-state index is 13.1. The predicted octanol–water partition coefficient (Wildman–Crippen LogP) is 3.70. The van der Waals surface area contributed by atoms with Gasteiger partial charge in [0, 0.05) is 29.4 Å². The number of ether oxygens (including phenoxy) is 1. The number of halogens is 3. The first kappa shape index (κ1) is 19.1. The van der Waals surface area contributed by atoms with Crippen LogP contribution in [0.1, 0.15) is 15.9 Å². The first-order valence-electron chi connectivity index (χ1n) is 7.73. The van der Waals surface area contributed by atoms with Crippen LogP contribution in [0.15, 0.2) is 53.5 Å². The maximum Gasteiger partial charge on any atom is 0.416 e. The van der Waals surface area contributed by atoms with Crippen molar-refractivity contribution < 1.29 is 27.6 Å². The second-order valence-electron chi connectivity index (χ2n) is 5.74. The molecule has 1 aromatic heterocycles. The van der Waals surface area contributed by atoms with Crippen molar-refractivity contribution in [2.75, 3.05) is 7.11 Å². The van der Waals surface area contributed by atoms with Crippen LogP contribution in [0, 0.1) is 10.1 Å². The molecule has 1 heterocycles. The summed E-state index contributed by atoms with van der Waals surface area (Å²) in [7, 11) is 1.04. The van der Waals surface area contributed by atoms with Gasteiger partial charge in [-0.15, -0.1) is 0 Å². The predicted molar refractivity (Wildman–Crippen MR) is 92.5 cm³/mol. The molecule has 0 atom stereocenters. The third-order valence-electron chi connectivity index (χ3n) is 4.07. The van der Waals surface area contributed by atoms with Crippen LogP contribution in [0.25, 0.3) is 16.6 Å². The fraction of sp³-hybridized carbons (Fsp3) is 0.111. The van der Waals surface area contributed by atoms with Gasteiger partial charge in [-0.1, -0.05) is 0 Å². The highest BCUT2D eigenvalue weighted by atomic mass is 19.4. The number of methoxy groups -OCH3 is 1. The van der Waals surface area contributed by atoms with E-state index in [2.05, 4.69) is 4.74 Å². The average molecular weight is 392 g/mol. The summed E-state index contributed by atoms with van der Waals surface area (Å²) in [6.45, 7) is 0. The first-order chi connectivity index (χ1) is 13.1. The maximum atomic E-state index is 13.1. The van der Waals surface area contributed by atoms with Crippen molar-refractivity contribution in [2.24, 2.45) is 0 Å². The molecule has 0 aliphatic heterocycles. The summed E-state index contributed by atoms with van der Waals surface area (Å²) in [4.78, 5) is 34.7. The van der Waals surface area contributed by atoms with E-state index in [9.17, 15) is 32.9 Å². The molecule has 0 saturated heterocycles. The first-order valence-corrected chi connectivity index (χ1v) is 7.73. The van der Waals surface area contributed by atoms with Crippen molar-refractivity contribution in [2.45, 2.75) is 6.18 Å². The van der Waals surface area contributed by atoms with Gasteiger partial charge < -0.3 is 9.30 Å². The topological polar surface area (TPSA) is 91.4 Å². The fourth-order valence-electron chi connectivity index (χ4n) is 2.71. The van der Waals surface area contributed by atoms with Crippen LogP contribution in [0.3, 0.4) is 0 Å². The molecule has 2 aromatic carbocycles. The highest BCUT2D eigenvalue weighted by molar-refractivity contribution is 5.94. The van der Waals surface area contributed by atoms with Crippen LogP contribution in [-0.4, -0.2) is 22.6 Å². The zero-order valence-corrected chi connectivity index (χ0v) is 14.2. The van der Waals surface area contributed by atoms with E-state index >= 15 is 0 Å². The van der Waals surface area contributed by atoms with Crippen LogP contribution in [-0.2, 0) is 10.9 Å². The van der Waals surface area contributed by atoms with Crippen molar-refractivity contribution in [3.63, 3.8) is 0 Å². The van der Waals surface area contributed by atoms with Gasteiger partial charge in [-0.3, -0.25) is 14.9 Å². The van der Waals surface area contributed by atoms with E-state index in [0.29, 0.717) is 11.8 Å². The van der Waals surface area contributed by atoms with Gasteiger partial charge in [0.15, 0.2) is 0 Å². The SMILES string of the molecule is COC(=O)c1cn(-c2ccc([N+](=O)[O-])cc2)c2ccc(C(F)(F)F)cc2c1=O. The Kier molecular flexibility index (Phi) is 4.63. The number of nitrogens with zero attached hydrogens (tertiary/aromatic N) is 2. The molecule has 28 heavy (non-hydrogen) atoms. The minimum atomic E-state index is -4.68. The summed E-state index contributed by atoms with van der Waals surface area (Å²) in [5.41, 5.74) is -2.21. The number of hydrogen-bond acceptors (Lipinski definition) is 5. The van der Waals surface area contributed by atoms with Gasteiger partial charge >= 0.3 is 12.1 Å². The number of carbonyl (C=O) groups excluding carboxylic acids is 1. The number of aromatic nitrogens is 1. The Labute approximate surface area is 154 Å². The molecule has 0 spiro atoms. The second-order valence-corrected chi connectivity index (χ2v) is 5.74. The van der Waals surface area contributed by atoms with Gasteiger partial charge in [-0.25, -0.2) is 4.79 Å². The minimum Gasteiger partial charge on any atom is -0.465 e. The number of fused-ring (bicyclic) bond motifs is 1. The lowest BCUT2D eigenvalue weighted by atomic mass is 10.1. The number of benzene rings is 2. The Morgan fingerprint density at radius 2 is 1.79 bits per heavy atom. The molecule has 0 amide bonds. The summed E-state index contributed by atoms with van der Waals surface area (Å²) in [5.74, 6) is -1.01. The van der Waals surface area contributed by atoms with Crippen LogP contribution >= 0.6 is 0 Å². The lowest BCUT2D eigenvalue weighted by Gasteiger charge is -2.14. The van der Waals surface area contributed by atoms with Crippen molar-refractivity contribution in [1.82, 2.24) is 4.57 Å². The highest BCUT2D eigenvalue weighted by Gasteiger charge is 2.31. The summed E-state index contributed by atoms with van der Waals surface area (Å²) in [5, 5.41) is 10.5. The van der Waals surface area contributed by atoms with E-state index in [-0.39, 0.29) is 16.6 Å². The number of nitro groups is 1. The van der Waals surface area contributed by atoms with Gasteiger partial charge in [-0.2, -0.15) is 13.2 Å². The smallest absolute Gasteiger partial charge is 0.416 e. The number of rotatable bonds is 3. The van der Waals surface area contributed by atoms with Crippen molar-refractivity contribution in [3.8, 4) is 5.69 Å². The quantitative estimate of drug-likeness (QED) is 0.385. The van der Waals surface area contributed by atoms with E-state index in [1.807, 2.05) is 0 Å². The third-order valence-corrected chi connectivity index (χ3v) is 4.07. The number of esters is 1. The molecule has 0 aliphatic rings. The molecule has 7 nitrogen and oxygen atoms in total. The number of nitro benzene ring substituents is 1. The largest absolute Gasteiger partial charge is 0.465 e. The van der Waals surface area contributed by atoms with Crippen molar-refractivity contribution in [3.05, 3.63) is 80.1 Å². The second kappa shape index (κ2) is 6.80. The van der Waals surface area contributed by atoms with Crippen molar-refractivity contribution >= 4 is 22.6 Å². The lowest BCUT2D eigenvalue weighted by Crippen LogP contribution is -2.20. The Morgan fingerprint density at radius 1 is 1.14 bits per heavy atom. The summed E-state index contributed by atoms with van der Waals surface area (Å²) < 4.78 is 45.0. The molecule has 0 bridgehead atoms. The van der Waals surface area contributed by atoms with Crippen LogP contribution < -0.4 is 5.43 Å². The van der Waals surface area contributed by atoms with Crippen LogP contribution in [0.4, 0.5) is 18.9 Å². The molecular formula is C18H11F3N2O5. The average Bonchev–Trinajstić information content (AvgIpc) is 2.67. The van der Waals surface area contributed by atoms with E-state index in [1.165, 1.54) is 28.8 Å². The van der Waals surface area contributed by atoms with Gasteiger partial charge in [0.1, 0.15) is 5.56 Å². The number of alkyl halides is 3. The standard InChI is InChI=1S/C18H11F3N2O5/c1-28-17(25)14-9-22(11-3-5-12(6-4-11)23(26)27)15-7-2-10(18(19,20)21)8-13(15)16(14)24/h2-9H,1H3. The summed E-state index contributed by atoms with van der Waals surface area (Å²) in [6, 6.07) is 7.65. The molecule has 0 saturated carbocycles. The highest BCUT2D eigenvalue weighted by Crippen LogP contribution is 2.31. The molecule has 0 fully saturated rings. The number of carbonyl (C=O) groups is 1. The third kappa shape index (κ3) is 3.31. The zero-order chi connectivity index (χ0) is 20.6. The van der Waals surface area contributed by atoms with E-state index in [4.69, 9.17) is 0 Å². The van der Waals surface area contributed by atoms with Gasteiger partial charge in [0.2, 0.25) is 5.43 Å². The monoisotopic (exact) mass is 392 g/mol. The number of hydrogen-bond donors (Lipinski definition) is 0. The molecule has 0 aliphatic carbocycles. The minimum absolute atomic E-state index is 0.0968. The van der Waals surface area contributed by atoms with E-state index in [1.54, 1.807) is 0 Å². The molecule has 10 heteroatoms. The Balaban J connectivity index is 2.35. The Bertz CT molecular complexity index is 1150. The Morgan fingerprint density at radius 3 is 2.32 bits per heavy atom. The van der Waals surface area contributed by atoms with Crippen molar-refractivity contribution in [1.29, 1.82) is 0 Å². The fourth-order valence-corrected chi connectivity index (χ4v) is 2.71. The van der Waals surface area contributed by atoms with Gasteiger partial charge in [0.25, 0.3) is 5.69 Å².